The number of hydrogen-bond acceptors (Lipinski definition) is 2. The molecule has 0 aromatic carbocycles. The number of thiol groups is 1. The smallest absolute Gasteiger partial charge is 0.0600 e. The second kappa shape index (κ2) is 7.36. The third-order valence-electron chi connectivity index (χ3n) is 2.52. The summed E-state index contributed by atoms with van der Waals surface area (Å²) in [6.07, 6.45) is 9.47. The maximum Gasteiger partial charge on any atom is 0.0600 e. The van der Waals surface area contributed by atoms with E-state index >= 15 is 0 Å². The van der Waals surface area contributed by atoms with E-state index in [4.69, 9.17) is 0 Å². The highest BCUT2D eigenvalue weighted by Gasteiger charge is 1.99. The molecule has 0 bridgehead atoms. The van der Waals surface area contributed by atoms with Gasteiger partial charge in [-0.15, -0.1) is 24.0 Å². The molecule has 14 heavy (non-hydrogen) atoms. The molecule has 1 aromatic heterocycles. The van der Waals surface area contributed by atoms with E-state index in [9.17, 15) is 0 Å². The van der Waals surface area contributed by atoms with Gasteiger partial charge in [0.2, 0.25) is 0 Å². The minimum absolute atomic E-state index is 1.21. The average Bonchev–Trinajstić information content (AvgIpc) is 2.58. The van der Waals surface area contributed by atoms with Crippen molar-refractivity contribution in [2.24, 2.45) is 0 Å². The highest BCUT2D eigenvalue weighted by molar-refractivity contribution is 7.82. The van der Waals surface area contributed by atoms with E-state index < -0.39 is 0 Å². The largest absolute Gasteiger partial charge is 0.137 e. The van der Waals surface area contributed by atoms with Crippen LogP contribution in [-0.2, 0) is 6.42 Å². The molecule has 0 amide bonds. The average molecular weight is 228 g/mol. The van der Waals surface area contributed by atoms with Crippen molar-refractivity contribution in [3.63, 3.8) is 0 Å². The summed E-state index contributed by atoms with van der Waals surface area (Å²) in [6.45, 7) is 2.26. The number of rotatable bonds is 7. The van der Waals surface area contributed by atoms with Gasteiger partial charge in [0.05, 0.1) is 4.21 Å². The molecule has 1 heterocycles. The zero-order valence-electron chi connectivity index (χ0n) is 8.96. The van der Waals surface area contributed by atoms with Gasteiger partial charge in [-0.1, -0.05) is 39.0 Å². The van der Waals surface area contributed by atoms with Crippen molar-refractivity contribution in [2.45, 2.75) is 56.1 Å². The molecule has 0 unspecified atom stereocenters. The van der Waals surface area contributed by atoms with E-state index in [1.165, 1.54) is 54.7 Å². The van der Waals surface area contributed by atoms with E-state index in [1.54, 1.807) is 11.3 Å². The molecular weight excluding hydrogens is 208 g/mol. The number of unbranched alkanes of at least 4 members (excludes halogenated alkanes) is 5. The van der Waals surface area contributed by atoms with Crippen molar-refractivity contribution in [1.29, 1.82) is 0 Å². The van der Waals surface area contributed by atoms with Gasteiger partial charge in [0, 0.05) is 0 Å². The van der Waals surface area contributed by atoms with Gasteiger partial charge in [-0.3, -0.25) is 0 Å². The first-order valence-corrected chi connectivity index (χ1v) is 6.92. The van der Waals surface area contributed by atoms with Crippen molar-refractivity contribution in [3.8, 4) is 0 Å². The second-order valence-corrected chi connectivity index (χ2v) is 5.43. The Kier molecular flexibility index (Phi) is 6.37. The zero-order chi connectivity index (χ0) is 10.2. The van der Waals surface area contributed by atoms with E-state index in [2.05, 4.69) is 31.0 Å². The number of thiophene rings is 1. The summed E-state index contributed by atoms with van der Waals surface area (Å²) < 4.78 is 1.21. The molecule has 0 N–H and O–H groups in total. The molecule has 2 heteroatoms. The molecule has 0 aliphatic rings. The minimum atomic E-state index is 1.21. The SMILES string of the molecule is CCCCCCCCc1ccsc1S. The summed E-state index contributed by atoms with van der Waals surface area (Å²) in [7, 11) is 0. The molecular formula is C12H20S2. The summed E-state index contributed by atoms with van der Waals surface area (Å²) >= 11 is 6.17. The highest BCUT2D eigenvalue weighted by Crippen LogP contribution is 2.22. The molecule has 80 valence electrons. The van der Waals surface area contributed by atoms with Crippen LogP contribution in [0.1, 0.15) is 51.0 Å². The summed E-state index contributed by atoms with van der Waals surface area (Å²) in [5, 5.41) is 2.13. The zero-order valence-corrected chi connectivity index (χ0v) is 10.7. The fourth-order valence-corrected chi connectivity index (χ4v) is 2.67. The van der Waals surface area contributed by atoms with Crippen LogP contribution < -0.4 is 0 Å². The van der Waals surface area contributed by atoms with Crippen LogP contribution in [0.15, 0.2) is 15.7 Å². The first-order chi connectivity index (χ1) is 6.84. The first-order valence-electron chi connectivity index (χ1n) is 5.60. The summed E-state index contributed by atoms with van der Waals surface area (Å²) in [5.41, 5.74) is 1.44. The summed E-state index contributed by atoms with van der Waals surface area (Å²) in [5.74, 6) is 0. The Hall–Kier alpha value is 0.0500. The van der Waals surface area contributed by atoms with Crippen molar-refractivity contribution >= 4 is 24.0 Å². The van der Waals surface area contributed by atoms with Crippen LogP contribution >= 0.6 is 24.0 Å². The monoisotopic (exact) mass is 228 g/mol. The minimum Gasteiger partial charge on any atom is -0.137 e. The van der Waals surface area contributed by atoms with Gasteiger partial charge in [0.15, 0.2) is 0 Å². The lowest BCUT2D eigenvalue weighted by Gasteiger charge is -2.00. The topological polar surface area (TPSA) is 0 Å². The second-order valence-electron chi connectivity index (χ2n) is 3.77. The van der Waals surface area contributed by atoms with E-state index in [0.29, 0.717) is 0 Å². The van der Waals surface area contributed by atoms with Crippen LogP contribution in [0, 0.1) is 0 Å². The maximum absolute atomic E-state index is 4.43. The lowest BCUT2D eigenvalue weighted by atomic mass is 10.1. The predicted octanol–water partition coefficient (Wildman–Crippen LogP) is 4.94. The molecule has 0 aliphatic heterocycles. The normalized spacial score (nSPS) is 10.7. The summed E-state index contributed by atoms with van der Waals surface area (Å²) in [6, 6.07) is 2.21. The molecule has 0 spiro atoms. The quantitative estimate of drug-likeness (QED) is 0.496. The third kappa shape index (κ3) is 4.52. The third-order valence-corrected chi connectivity index (χ3v) is 3.88. The van der Waals surface area contributed by atoms with Gasteiger partial charge in [0.25, 0.3) is 0 Å². The van der Waals surface area contributed by atoms with Crippen LogP contribution in [0.4, 0.5) is 0 Å². The van der Waals surface area contributed by atoms with E-state index in [1.807, 2.05) is 0 Å². The summed E-state index contributed by atoms with van der Waals surface area (Å²) in [4.78, 5) is 0. The van der Waals surface area contributed by atoms with Crippen molar-refractivity contribution < 1.29 is 0 Å². The standard InChI is InChI=1S/C12H20S2/c1-2-3-4-5-6-7-8-11-9-10-14-12(11)13/h9-10,13H,2-8H2,1H3. The van der Waals surface area contributed by atoms with Crippen LogP contribution in [0.25, 0.3) is 0 Å². The van der Waals surface area contributed by atoms with Crippen LogP contribution in [0.5, 0.6) is 0 Å². The molecule has 0 atom stereocenters. The van der Waals surface area contributed by atoms with E-state index in [-0.39, 0.29) is 0 Å². The van der Waals surface area contributed by atoms with Crippen LogP contribution in [0.2, 0.25) is 0 Å². The molecule has 0 radical (unpaired) electrons. The molecule has 1 rings (SSSR count). The fraction of sp³-hybridized carbons (Fsp3) is 0.667. The fourth-order valence-electron chi connectivity index (χ4n) is 1.61. The first kappa shape index (κ1) is 12.1. The highest BCUT2D eigenvalue weighted by atomic mass is 32.2. The van der Waals surface area contributed by atoms with Gasteiger partial charge in [-0.2, -0.15) is 0 Å². The Labute approximate surface area is 97.1 Å². The lowest BCUT2D eigenvalue weighted by Crippen LogP contribution is -1.84. The van der Waals surface area contributed by atoms with Crippen LogP contribution in [-0.4, -0.2) is 0 Å². The van der Waals surface area contributed by atoms with Gasteiger partial charge in [-0.05, 0) is 29.9 Å². The Balaban J connectivity index is 2.02. The molecule has 0 nitrogen and oxygen atoms in total. The number of hydrogen-bond donors (Lipinski definition) is 1. The Bertz CT molecular complexity index is 240. The van der Waals surface area contributed by atoms with Gasteiger partial charge >= 0.3 is 0 Å². The molecule has 1 aromatic rings. The Morgan fingerprint density at radius 2 is 1.86 bits per heavy atom. The molecule has 0 fully saturated rings. The van der Waals surface area contributed by atoms with Crippen molar-refractivity contribution in [1.82, 2.24) is 0 Å². The molecule has 0 saturated heterocycles. The Morgan fingerprint density at radius 3 is 2.50 bits per heavy atom. The molecule has 0 saturated carbocycles. The van der Waals surface area contributed by atoms with E-state index in [0.717, 1.165) is 0 Å². The number of aryl methyl sites for hydroxylation is 1. The van der Waals surface area contributed by atoms with Gasteiger partial charge in [0.1, 0.15) is 0 Å². The van der Waals surface area contributed by atoms with Crippen molar-refractivity contribution in [3.05, 3.63) is 17.0 Å². The Morgan fingerprint density at radius 1 is 1.14 bits per heavy atom. The van der Waals surface area contributed by atoms with Crippen molar-refractivity contribution in [2.75, 3.05) is 0 Å². The van der Waals surface area contributed by atoms with Crippen LogP contribution in [0.3, 0.4) is 0 Å². The predicted molar refractivity (Wildman–Crippen MR) is 68.7 cm³/mol. The molecule has 0 aliphatic carbocycles. The van der Waals surface area contributed by atoms with Gasteiger partial charge in [-0.25, -0.2) is 0 Å². The maximum atomic E-state index is 4.43. The van der Waals surface area contributed by atoms with Gasteiger partial charge < -0.3 is 0 Å². The lowest BCUT2D eigenvalue weighted by molar-refractivity contribution is 0.606.